The number of anilines is 1. The third-order valence-corrected chi connectivity index (χ3v) is 7.92. The number of hydrogen-bond donors (Lipinski definition) is 1. The second-order valence-corrected chi connectivity index (χ2v) is 10.3. The number of nitrogens with zero attached hydrogens (tertiary/aromatic N) is 2. The average Bonchev–Trinajstić information content (AvgIpc) is 3.29. The molecule has 0 aliphatic heterocycles. The molecule has 0 aromatic carbocycles. The van der Waals surface area contributed by atoms with Crippen molar-refractivity contribution in [3.8, 4) is 0 Å². The molecule has 2 saturated carbocycles. The first-order chi connectivity index (χ1) is 13.4. The number of thiazole rings is 1. The Morgan fingerprint density at radius 3 is 2.46 bits per heavy atom. The Labute approximate surface area is 166 Å². The summed E-state index contributed by atoms with van der Waals surface area (Å²) in [5, 5.41) is 2.04. The van der Waals surface area contributed by atoms with Crippen LogP contribution in [0.25, 0.3) is 5.57 Å². The van der Waals surface area contributed by atoms with Crippen LogP contribution in [0, 0.1) is 11.0 Å². The third kappa shape index (κ3) is 4.15. The monoisotopic (exact) mass is 421 g/mol. The van der Waals surface area contributed by atoms with Crippen molar-refractivity contribution < 1.29 is 17.6 Å². The van der Waals surface area contributed by atoms with Crippen LogP contribution in [0.4, 0.5) is 9.52 Å². The Bertz CT molecular complexity index is 1010. The molecule has 2 aromatic rings. The van der Waals surface area contributed by atoms with Crippen LogP contribution in [0.1, 0.15) is 44.1 Å². The molecular formula is C19H20FN3O3S2. The Morgan fingerprint density at radius 2 is 1.89 bits per heavy atom. The van der Waals surface area contributed by atoms with E-state index in [2.05, 4.69) is 15.3 Å². The third-order valence-electron chi connectivity index (χ3n) is 5.05. The van der Waals surface area contributed by atoms with Crippen LogP contribution < -0.4 is 5.32 Å². The molecule has 2 heterocycles. The number of allylic oxidation sites excluding steroid dienone is 1. The molecule has 0 radical (unpaired) electrons. The van der Waals surface area contributed by atoms with Crippen LogP contribution in [0.2, 0.25) is 0 Å². The zero-order chi connectivity index (χ0) is 19.7. The van der Waals surface area contributed by atoms with E-state index in [-0.39, 0.29) is 21.3 Å². The number of pyridine rings is 1. The summed E-state index contributed by atoms with van der Waals surface area (Å²) in [6.45, 7) is 0. The Kier molecular flexibility index (Phi) is 5.29. The second kappa shape index (κ2) is 7.71. The van der Waals surface area contributed by atoms with Gasteiger partial charge in [0.25, 0.3) is 5.91 Å². The number of halogens is 1. The van der Waals surface area contributed by atoms with Gasteiger partial charge in [-0.3, -0.25) is 10.1 Å². The number of rotatable bonds is 6. The van der Waals surface area contributed by atoms with Gasteiger partial charge in [-0.05, 0) is 43.7 Å². The smallest absolute Gasteiger partial charge is 0.257 e. The van der Waals surface area contributed by atoms with Crippen LogP contribution in [-0.4, -0.2) is 29.5 Å². The highest BCUT2D eigenvalue weighted by molar-refractivity contribution is 7.92. The molecule has 0 bridgehead atoms. The van der Waals surface area contributed by atoms with Crippen molar-refractivity contribution in [2.24, 2.45) is 5.92 Å². The molecule has 2 aromatic heterocycles. The van der Waals surface area contributed by atoms with Gasteiger partial charge in [0.2, 0.25) is 0 Å². The zero-order valence-electron chi connectivity index (χ0n) is 15.1. The van der Waals surface area contributed by atoms with Crippen LogP contribution in [-0.2, 0) is 14.6 Å². The highest BCUT2D eigenvalue weighted by Gasteiger charge is 2.37. The van der Waals surface area contributed by atoms with Crippen LogP contribution in [0.5, 0.6) is 0 Å². The minimum Gasteiger partial charge on any atom is -0.298 e. The van der Waals surface area contributed by atoms with Gasteiger partial charge < -0.3 is 0 Å². The van der Waals surface area contributed by atoms with Gasteiger partial charge in [0.15, 0.2) is 25.1 Å². The van der Waals surface area contributed by atoms with E-state index in [0.29, 0.717) is 24.0 Å². The molecule has 6 nitrogen and oxygen atoms in total. The van der Waals surface area contributed by atoms with Crippen molar-refractivity contribution in [1.82, 2.24) is 9.97 Å². The number of aromatic nitrogens is 2. The number of hydrogen-bond acceptors (Lipinski definition) is 6. The lowest BCUT2D eigenvalue weighted by molar-refractivity contribution is -0.111. The standard InChI is InChI=1S/C19H20FN3O3S2/c20-16-11-22-19(27-16)23-18(24)15(9-12-3-1-2-4-12)13-5-8-17(21-10-13)28(25,26)14-6-7-14/h5,8-12,14H,1-4,6-7H2,(H,22,23,24)/b15-9+. The minimum absolute atomic E-state index is 0.0429. The van der Waals surface area contributed by atoms with E-state index >= 15 is 0 Å². The van der Waals surface area contributed by atoms with Crippen molar-refractivity contribution in [2.45, 2.75) is 48.8 Å². The molecule has 1 amide bonds. The summed E-state index contributed by atoms with van der Waals surface area (Å²) in [4.78, 5) is 20.8. The van der Waals surface area contributed by atoms with Gasteiger partial charge in [0, 0.05) is 17.3 Å². The molecule has 2 fully saturated rings. The summed E-state index contributed by atoms with van der Waals surface area (Å²) in [6, 6.07) is 3.08. The van der Waals surface area contributed by atoms with E-state index < -0.39 is 20.9 Å². The van der Waals surface area contributed by atoms with Crippen molar-refractivity contribution >= 4 is 37.8 Å². The number of sulfone groups is 1. The maximum atomic E-state index is 13.2. The number of amides is 1. The molecule has 2 aliphatic rings. The summed E-state index contributed by atoms with van der Waals surface area (Å²) >= 11 is 0.755. The summed E-state index contributed by atoms with van der Waals surface area (Å²) in [6.07, 6.45) is 9.98. The van der Waals surface area contributed by atoms with E-state index in [1.807, 2.05) is 6.08 Å². The predicted molar refractivity (Wildman–Crippen MR) is 105 cm³/mol. The van der Waals surface area contributed by atoms with Gasteiger partial charge in [-0.2, -0.15) is 4.39 Å². The van der Waals surface area contributed by atoms with Crippen molar-refractivity contribution in [3.63, 3.8) is 0 Å². The number of nitrogens with one attached hydrogen (secondary N) is 1. The molecule has 148 valence electrons. The van der Waals surface area contributed by atoms with Crippen LogP contribution in [0.15, 0.2) is 35.6 Å². The number of carbonyl (C=O) groups is 1. The summed E-state index contributed by atoms with van der Waals surface area (Å²) in [5.41, 5.74) is 0.946. The Hall–Kier alpha value is -2.13. The predicted octanol–water partition coefficient (Wildman–Crippen LogP) is 3.83. The quantitative estimate of drug-likeness (QED) is 0.716. The average molecular weight is 422 g/mol. The van der Waals surface area contributed by atoms with E-state index in [4.69, 9.17) is 0 Å². The lowest BCUT2D eigenvalue weighted by Crippen LogP contribution is -2.15. The molecule has 4 rings (SSSR count). The van der Waals surface area contributed by atoms with Gasteiger partial charge >= 0.3 is 0 Å². The first-order valence-corrected chi connectivity index (χ1v) is 11.6. The van der Waals surface area contributed by atoms with Crippen molar-refractivity contribution in [1.29, 1.82) is 0 Å². The van der Waals surface area contributed by atoms with Gasteiger partial charge in [0.05, 0.1) is 11.4 Å². The van der Waals surface area contributed by atoms with Gasteiger partial charge in [-0.15, -0.1) is 0 Å². The SMILES string of the molecule is O=C(Nc1ncc(F)s1)/C(=C/C1CCCC1)c1ccc(S(=O)(=O)C2CC2)nc1. The molecule has 1 N–H and O–H groups in total. The fraction of sp³-hybridized carbons (Fsp3) is 0.421. The molecule has 9 heteroatoms. The largest absolute Gasteiger partial charge is 0.298 e. The van der Waals surface area contributed by atoms with E-state index in [9.17, 15) is 17.6 Å². The lowest BCUT2D eigenvalue weighted by Gasteiger charge is -2.11. The maximum Gasteiger partial charge on any atom is 0.257 e. The molecule has 28 heavy (non-hydrogen) atoms. The van der Waals surface area contributed by atoms with Crippen LogP contribution in [0.3, 0.4) is 0 Å². The maximum absolute atomic E-state index is 13.2. The molecule has 2 aliphatic carbocycles. The zero-order valence-corrected chi connectivity index (χ0v) is 16.7. The van der Waals surface area contributed by atoms with E-state index in [1.54, 1.807) is 6.07 Å². The summed E-state index contributed by atoms with van der Waals surface area (Å²) in [7, 11) is -3.38. The highest BCUT2D eigenvalue weighted by Crippen LogP contribution is 2.34. The first-order valence-electron chi connectivity index (χ1n) is 9.28. The fourth-order valence-corrected chi connectivity index (χ4v) is 5.49. The van der Waals surface area contributed by atoms with Crippen molar-refractivity contribution in [3.05, 3.63) is 41.3 Å². The molecule has 0 unspecified atom stereocenters. The van der Waals surface area contributed by atoms with Gasteiger partial charge in [-0.1, -0.05) is 30.3 Å². The highest BCUT2D eigenvalue weighted by atomic mass is 32.2. The molecule has 0 saturated heterocycles. The lowest BCUT2D eigenvalue weighted by atomic mass is 9.99. The molecular weight excluding hydrogens is 401 g/mol. The molecule has 0 spiro atoms. The number of carbonyl (C=O) groups excluding carboxylic acids is 1. The van der Waals surface area contributed by atoms with Crippen molar-refractivity contribution in [2.75, 3.05) is 5.32 Å². The molecule has 0 atom stereocenters. The Morgan fingerprint density at radius 1 is 1.14 bits per heavy atom. The fourth-order valence-electron chi connectivity index (χ4n) is 3.40. The van der Waals surface area contributed by atoms with Crippen LogP contribution >= 0.6 is 11.3 Å². The van der Waals surface area contributed by atoms with E-state index in [0.717, 1.165) is 43.2 Å². The van der Waals surface area contributed by atoms with Gasteiger partial charge in [-0.25, -0.2) is 18.4 Å². The van der Waals surface area contributed by atoms with E-state index in [1.165, 1.54) is 12.3 Å². The van der Waals surface area contributed by atoms with Gasteiger partial charge in [0.1, 0.15) is 0 Å². The topological polar surface area (TPSA) is 89.0 Å². The Balaban J connectivity index is 1.62. The normalized spacial score (nSPS) is 18.4. The minimum atomic E-state index is -3.38. The summed E-state index contributed by atoms with van der Waals surface area (Å²) in [5.74, 6) is -0.121. The first kappa shape index (κ1) is 19.2. The summed E-state index contributed by atoms with van der Waals surface area (Å²) < 4.78 is 37.8. The second-order valence-electron chi connectivity index (χ2n) is 7.18.